The highest BCUT2D eigenvalue weighted by Crippen LogP contribution is 2.26. The van der Waals surface area contributed by atoms with E-state index in [1.165, 1.54) is 10.6 Å². The second-order valence-corrected chi connectivity index (χ2v) is 6.58. The lowest BCUT2D eigenvalue weighted by Crippen LogP contribution is -2.57. The predicted molar refractivity (Wildman–Crippen MR) is 97.7 cm³/mol. The third kappa shape index (κ3) is 2.73. The average molecular weight is 349 g/mol. The summed E-state index contributed by atoms with van der Waals surface area (Å²) >= 11 is 0. The number of pyridine rings is 1. The molecule has 0 spiro atoms. The van der Waals surface area contributed by atoms with Crippen molar-refractivity contribution >= 4 is 11.6 Å². The number of carbonyl (C=O) groups is 1. The summed E-state index contributed by atoms with van der Waals surface area (Å²) in [7, 11) is 0. The number of likely N-dealkylation sites (tertiary alicyclic amines) is 1. The summed E-state index contributed by atoms with van der Waals surface area (Å²) in [6.07, 6.45) is 2.92. The van der Waals surface area contributed by atoms with Crippen molar-refractivity contribution in [2.45, 2.75) is 20.0 Å². The highest BCUT2D eigenvalue weighted by atomic mass is 16.5. The van der Waals surface area contributed by atoms with E-state index in [-0.39, 0.29) is 23.1 Å². The van der Waals surface area contributed by atoms with Gasteiger partial charge < -0.3 is 9.64 Å². The van der Waals surface area contributed by atoms with Crippen molar-refractivity contribution in [1.82, 2.24) is 14.3 Å². The van der Waals surface area contributed by atoms with Crippen LogP contribution < -0.4 is 10.3 Å². The zero-order chi connectivity index (χ0) is 18.3. The predicted octanol–water partition coefficient (Wildman–Crippen LogP) is 2.21. The standard InChI is InChI=1S/C20H19N3O3/c1-13-6-5-7-14(2)18(13)26-15-11-22(12-15)19(24)16-10-21-17-8-3-4-9-23(17)20(16)25/h3-10,15H,11-12H2,1-2H3. The molecule has 4 rings (SSSR count). The Kier molecular flexibility index (Phi) is 3.95. The van der Waals surface area contributed by atoms with Crippen LogP contribution in [0, 0.1) is 13.8 Å². The normalized spacial score (nSPS) is 14.3. The summed E-state index contributed by atoms with van der Waals surface area (Å²) in [5.74, 6) is 0.569. The van der Waals surface area contributed by atoms with Crippen LogP contribution in [0.1, 0.15) is 21.5 Å². The zero-order valence-electron chi connectivity index (χ0n) is 14.7. The number of aryl methyl sites for hydroxylation is 2. The number of benzene rings is 1. The molecule has 0 bridgehead atoms. The van der Waals surface area contributed by atoms with Crippen molar-refractivity contribution in [3.63, 3.8) is 0 Å². The Labute approximate surface area is 150 Å². The van der Waals surface area contributed by atoms with Gasteiger partial charge >= 0.3 is 0 Å². The number of hydrogen-bond donors (Lipinski definition) is 0. The molecule has 132 valence electrons. The fourth-order valence-electron chi connectivity index (χ4n) is 3.17. The van der Waals surface area contributed by atoms with E-state index < -0.39 is 0 Å². The fraction of sp³-hybridized carbons (Fsp3) is 0.250. The first kappa shape index (κ1) is 16.3. The molecule has 0 atom stereocenters. The smallest absolute Gasteiger partial charge is 0.270 e. The average Bonchev–Trinajstić information content (AvgIpc) is 2.60. The van der Waals surface area contributed by atoms with E-state index in [0.29, 0.717) is 18.7 Å². The van der Waals surface area contributed by atoms with Crippen LogP contribution in [0.4, 0.5) is 0 Å². The van der Waals surface area contributed by atoms with E-state index in [1.807, 2.05) is 32.0 Å². The largest absolute Gasteiger partial charge is 0.486 e. The number of para-hydroxylation sites is 1. The number of nitrogens with zero attached hydrogens (tertiary/aromatic N) is 3. The number of rotatable bonds is 3. The summed E-state index contributed by atoms with van der Waals surface area (Å²) in [4.78, 5) is 31.0. The lowest BCUT2D eigenvalue weighted by molar-refractivity contribution is 0.0171. The highest BCUT2D eigenvalue weighted by Gasteiger charge is 2.34. The second kappa shape index (κ2) is 6.29. The van der Waals surface area contributed by atoms with Crippen LogP contribution >= 0.6 is 0 Å². The molecule has 1 amide bonds. The van der Waals surface area contributed by atoms with E-state index in [4.69, 9.17) is 4.74 Å². The SMILES string of the molecule is Cc1cccc(C)c1OC1CN(C(=O)c2cnc3ccccn3c2=O)C1. The molecule has 1 aromatic carbocycles. The van der Waals surface area contributed by atoms with Gasteiger partial charge in [-0.05, 0) is 37.1 Å². The minimum Gasteiger partial charge on any atom is -0.486 e. The molecule has 1 saturated heterocycles. The molecular weight excluding hydrogens is 330 g/mol. The molecule has 0 N–H and O–H groups in total. The number of ether oxygens (including phenoxy) is 1. The Bertz CT molecular complexity index is 1030. The molecule has 3 aromatic rings. The topological polar surface area (TPSA) is 63.9 Å². The first-order valence-electron chi connectivity index (χ1n) is 8.53. The first-order chi connectivity index (χ1) is 12.5. The summed E-state index contributed by atoms with van der Waals surface area (Å²) in [6, 6.07) is 11.3. The lowest BCUT2D eigenvalue weighted by Gasteiger charge is -2.39. The van der Waals surface area contributed by atoms with Gasteiger partial charge in [0.2, 0.25) is 0 Å². The molecule has 0 radical (unpaired) electrons. The molecule has 3 heterocycles. The number of fused-ring (bicyclic) bond motifs is 1. The molecule has 6 nitrogen and oxygen atoms in total. The van der Waals surface area contributed by atoms with Gasteiger partial charge in [-0.25, -0.2) is 4.98 Å². The molecule has 26 heavy (non-hydrogen) atoms. The van der Waals surface area contributed by atoms with Gasteiger partial charge in [-0.15, -0.1) is 0 Å². The minimum absolute atomic E-state index is 0.0603. The number of hydrogen-bond acceptors (Lipinski definition) is 4. The van der Waals surface area contributed by atoms with Gasteiger partial charge in [0.1, 0.15) is 23.1 Å². The molecule has 6 heteroatoms. The summed E-state index contributed by atoms with van der Waals surface area (Å²) < 4.78 is 7.42. The monoisotopic (exact) mass is 349 g/mol. The van der Waals surface area contributed by atoms with Crippen LogP contribution in [0.3, 0.4) is 0 Å². The zero-order valence-corrected chi connectivity index (χ0v) is 14.7. The van der Waals surface area contributed by atoms with Crippen LogP contribution in [-0.2, 0) is 0 Å². The minimum atomic E-state index is -0.347. The quantitative estimate of drug-likeness (QED) is 0.727. The number of carbonyl (C=O) groups excluding carboxylic acids is 1. The van der Waals surface area contributed by atoms with Crippen molar-refractivity contribution < 1.29 is 9.53 Å². The van der Waals surface area contributed by atoms with Crippen LogP contribution in [0.15, 0.2) is 53.6 Å². The van der Waals surface area contributed by atoms with E-state index in [9.17, 15) is 9.59 Å². The van der Waals surface area contributed by atoms with Gasteiger partial charge in [-0.3, -0.25) is 14.0 Å². The highest BCUT2D eigenvalue weighted by molar-refractivity contribution is 5.94. The van der Waals surface area contributed by atoms with Gasteiger partial charge in [-0.1, -0.05) is 24.3 Å². The third-order valence-corrected chi connectivity index (χ3v) is 4.67. The molecule has 1 aliphatic heterocycles. The molecule has 0 aliphatic carbocycles. The third-order valence-electron chi connectivity index (χ3n) is 4.67. The summed E-state index contributed by atoms with van der Waals surface area (Å²) in [6.45, 7) is 4.93. The molecular formula is C20H19N3O3. The Morgan fingerprint density at radius 3 is 2.58 bits per heavy atom. The van der Waals surface area contributed by atoms with Crippen LogP contribution in [0.5, 0.6) is 5.75 Å². The molecule has 0 saturated carbocycles. The Balaban J connectivity index is 1.49. The van der Waals surface area contributed by atoms with Gasteiger partial charge in [0.15, 0.2) is 0 Å². The van der Waals surface area contributed by atoms with Crippen molar-refractivity contribution in [2.24, 2.45) is 0 Å². The lowest BCUT2D eigenvalue weighted by atomic mass is 10.1. The van der Waals surface area contributed by atoms with Gasteiger partial charge in [0.05, 0.1) is 13.1 Å². The number of amides is 1. The molecule has 1 aliphatic rings. The van der Waals surface area contributed by atoms with E-state index >= 15 is 0 Å². The Morgan fingerprint density at radius 2 is 1.85 bits per heavy atom. The molecule has 0 unspecified atom stereocenters. The van der Waals surface area contributed by atoms with E-state index in [1.54, 1.807) is 29.3 Å². The van der Waals surface area contributed by atoms with E-state index in [2.05, 4.69) is 4.98 Å². The summed E-state index contributed by atoms with van der Waals surface area (Å²) in [5.41, 5.74) is 2.41. The van der Waals surface area contributed by atoms with E-state index in [0.717, 1.165) is 16.9 Å². The fourth-order valence-corrected chi connectivity index (χ4v) is 3.17. The van der Waals surface area contributed by atoms with Crippen molar-refractivity contribution in [3.05, 3.63) is 75.8 Å². The molecule has 1 fully saturated rings. The van der Waals surface area contributed by atoms with Crippen LogP contribution in [0.2, 0.25) is 0 Å². The Hall–Kier alpha value is -3.15. The van der Waals surface area contributed by atoms with Gasteiger partial charge in [-0.2, -0.15) is 0 Å². The summed E-state index contributed by atoms with van der Waals surface area (Å²) in [5, 5.41) is 0. The van der Waals surface area contributed by atoms with Crippen molar-refractivity contribution in [3.8, 4) is 5.75 Å². The maximum atomic E-state index is 12.6. The van der Waals surface area contributed by atoms with Crippen LogP contribution in [0.25, 0.3) is 5.65 Å². The maximum Gasteiger partial charge on any atom is 0.270 e. The van der Waals surface area contributed by atoms with Crippen molar-refractivity contribution in [2.75, 3.05) is 13.1 Å². The van der Waals surface area contributed by atoms with Crippen LogP contribution in [-0.4, -0.2) is 39.4 Å². The Morgan fingerprint density at radius 1 is 1.12 bits per heavy atom. The van der Waals surface area contributed by atoms with Gasteiger partial charge in [0.25, 0.3) is 11.5 Å². The van der Waals surface area contributed by atoms with Crippen molar-refractivity contribution in [1.29, 1.82) is 0 Å². The number of aromatic nitrogens is 2. The second-order valence-electron chi connectivity index (χ2n) is 6.58. The van der Waals surface area contributed by atoms with Gasteiger partial charge in [0, 0.05) is 12.4 Å². The maximum absolute atomic E-state index is 12.6. The molecule has 2 aromatic heterocycles. The first-order valence-corrected chi connectivity index (χ1v) is 8.53.